The van der Waals surface area contributed by atoms with Gasteiger partial charge in [0, 0.05) is 11.8 Å². The maximum Gasteiger partial charge on any atom is 0.222 e. The van der Waals surface area contributed by atoms with E-state index in [0.717, 1.165) is 17.6 Å². The first-order chi connectivity index (χ1) is 7.79. The van der Waals surface area contributed by atoms with Gasteiger partial charge in [0.2, 0.25) is 5.78 Å². The number of ketones is 1. The lowest BCUT2D eigenvalue weighted by Gasteiger charge is -1.95. The van der Waals surface area contributed by atoms with E-state index < -0.39 is 0 Å². The van der Waals surface area contributed by atoms with E-state index in [2.05, 4.69) is 4.98 Å². The lowest BCUT2D eigenvalue weighted by molar-refractivity contribution is 0.106. The highest BCUT2D eigenvalue weighted by Gasteiger charge is 2.08. The summed E-state index contributed by atoms with van der Waals surface area (Å²) in [6.45, 7) is 0. The van der Waals surface area contributed by atoms with Gasteiger partial charge in [-0.2, -0.15) is 0 Å². The zero-order chi connectivity index (χ0) is 11.4. The summed E-state index contributed by atoms with van der Waals surface area (Å²) >= 11 is 1.45. The third-order valence-electron chi connectivity index (χ3n) is 2.13. The number of aromatic nitrogens is 1. The third kappa shape index (κ3) is 2.41. The van der Waals surface area contributed by atoms with Crippen LogP contribution in [0.2, 0.25) is 0 Å². The fraction of sp³-hybridized carbons (Fsp3) is 0.0833. The molecule has 0 saturated carbocycles. The van der Waals surface area contributed by atoms with Gasteiger partial charge in [0.05, 0.1) is 11.2 Å². The second-order valence-corrected chi connectivity index (χ2v) is 4.24. The Bertz CT molecular complexity index is 505. The molecule has 1 N–H and O–H groups in total. The van der Waals surface area contributed by atoms with Crippen LogP contribution in [0.1, 0.15) is 21.1 Å². The van der Waals surface area contributed by atoms with Crippen LogP contribution < -0.4 is 0 Å². The number of hydrogen-bond acceptors (Lipinski definition) is 4. The Morgan fingerprint density at radius 1 is 1.38 bits per heavy atom. The number of thiazole rings is 1. The SMILES string of the molecule is N=CC(=O)c1csc(Cc2ccccc2)n1. The van der Waals surface area contributed by atoms with Crippen LogP contribution in [0, 0.1) is 5.41 Å². The van der Waals surface area contributed by atoms with Crippen molar-refractivity contribution < 1.29 is 4.79 Å². The number of nitrogens with one attached hydrogen (secondary N) is 1. The molecule has 2 rings (SSSR count). The number of rotatable bonds is 4. The molecule has 1 aromatic heterocycles. The van der Waals surface area contributed by atoms with Gasteiger partial charge >= 0.3 is 0 Å². The van der Waals surface area contributed by atoms with E-state index >= 15 is 0 Å². The second kappa shape index (κ2) is 4.81. The lowest BCUT2D eigenvalue weighted by atomic mass is 10.2. The Labute approximate surface area is 97.3 Å². The number of Topliss-reactive ketones (excluding diaryl/α,β-unsaturated/α-hetero) is 1. The van der Waals surface area contributed by atoms with Crippen molar-refractivity contribution >= 4 is 23.3 Å². The van der Waals surface area contributed by atoms with E-state index in [1.165, 1.54) is 16.9 Å². The van der Waals surface area contributed by atoms with Crippen molar-refractivity contribution in [2.75, 3.05) is 0 Å². The zero-order valence-corrected chi connectivity index (χ0v) is 9.33. The minimum absolute atomic E-state index is 0.337. The van der Waals surface area contributed by atoms with Gasteiger partial charge in [-0.05, 0) is 5.56 Å². The van der Waals surface area contributed by atoms with Crippen molar-refractivity contribution in [2.45, 2.75) is 6.42 Å². The van der Waals surface area contributed by atoms with Crippen LogP contribution in [-0.2, 0) is 6.42 Å². The van der Waals surface area contributed by atoms with Crippen molar-refractivity contribution in [3.05, 3.63) is 52.0 Å². The first kappa shape index (κ1) is 10.7. The van der Waals surface area contributed by atoms with E-state index in [1.54, 1.807) is 5.38 Å². The molecule has 0 radical (unpaired) electrons. The first-order valence-corrected chi connectivity index (χ1v) is 5.70. The van der Waals surface area contributed by atoms with Crippen molar-refractivity contribution in [3.63, 3.8) is 0 Å². The standard InChI is InChI=1S/C12H10N2OS/c13-7-11(15)10-8-16-12(14-10)6-9-4-2-1-3-5-9/h1-5,7-8,13H,6H2. The predicted octanol–water partition coefficient (Wildman–Crippen LogP) is 2.57. The summed E-state index contributed by atoms with van der Waals surface area (Å²) in [5.74, 6) is -0.337. The van der Waals surface area contributed by atoms with Crippen molar-refractivity contribution in [3.8, 4) is 0 Å². The van der Waals surface area contributed by atoms with Crippen LogP contribution in [0.3, 0.4) is 0 Å². The minimum Gasteiger partial charge on any atom is -0.305 e. The zero-order valence-electron chi connectivity index (χ0n) is 8.51. The lowest BCUT2D eigenvalue weighted by Crippen LogP contribution is -1.99. The van der Waals surface area contributed by atoms with Gasteiger partial charge in [-0.3, -0.25) is 4.79 Å². The van der Waals surface area contributed by atoms with Crippen LogP contribution in [0.4, 0.5) is 0 Å². The van der Waals surface area contributed by atoms with Gasteiger partial charge in [-0.1, -0.05) is 30.3 Å². The molecule has 0 bridgehead atoms. The van der Waals surface area contributed by atoms with E-state index in [4.69, 9.17) is 5.41 Å². The average Bonchev–Trinajstić information content (AvgIpc) is 2.78. The fourth-order valence-corrected chi connectivity index (χ4v) is 2.17. The normalized spacial score (nSPS) is 10.0. The highest BCUT2D eigenvalue weighted by Crippen LogP contribution is 2.14. The van der Waals surface area contributed by atoms with Crippen LogP contribution in [0.25, 0.3) is 0 Å². The van der Waals surface area contributed by atoms with Crippen LogP contribution in [-0.4, -0.2) is 17.0 Å². The molecule has 1 heterocycles. The molecule has 0 amide bonds. The molecule has 2 aromatic rings. The molecule has 16 heavy (non-hydrogen) atoms. The maximum absolute atomic E-state index is 11.2. The van der Waals surface area contributed by atoms with Crippen LogP contribution >= 0.6 is 11.3 Å². The molecule has 0 spiro atoms. The maximum atomic E-state index is 11.2. The summed E-state index contributed by atoms with van der Waals surface area (Å²) in [6.07, 6.45) is 1.53. The number of carbonyl (C=O) groups is 1. The summed E-state index contributed by atoms with van der Waals surface area (Å²) in [4.78, 5) is 15.4. The van der Waals surface area contributed by atoms with E-state index in [-0.39, 0.29) is 5.78 Å². The van der Waals surface area contributed by atoms with Gasteiger partial charge in [-0.25, -0.2) is 4.98 Å². The molecule has 0 aliphatic carbocycles. The van der Waals surface area contributed by atoms with E-state index in [9.17, 15) is 4.79 Å². The highest BCUT2D eigenvalue weighted by molar-refractivity contribution is 7.09. The third-order valence-corrected chi connectivity index (χ3v) is 2.98. The molecule has 0 unspecified atom stereocenters. The molecule has 0 saturated heterocycles. The van der Waals surface area contributed by atoms with Gasteiger partial charge in [0.1, 0.15) is 5.69 Å². The van der Waals surface area contributed by atoms with Crippen molar-refractivity contribution in [2.24, 2.45) is 0 Å². The molecule has 0 aliphatic rings. The summed E-state index contributed by atoms with van der Waals surface area (Å²) in [7, 11) is 0. The Hall–Kier alpha value is -1.81. The number of benzene rings is 1. The molecule has 0 atom stereocenters. The molecular weight excluding hydrogens is 220 g/mol. The number of carbonyl (C=O) groups excluding carboxylic acids is 1. The fourth-order valence-electron chi connectivity index (χ4n) is 1.35. The smallest absolute Gasteiger partial charge is 0.222 e. The quantitative estimate of drug-likeness (QED) is 0.648. The van der Waals surface area contributed by atoms with Gasteiger partial charge in [-0.15, -0.1) is 11.3 Å². The van der Waals surface area contributed by atoms with E-state index in [1.807, 2.05) is 30.3 Å². The predicted molar refractivity (Wildman–Crippen MR) is 64.5 cm³/mol. The largest absolute Gasteiger partial charge is 0.305 e. The molecular formula is C12H10N2OS. The first-order valence-electron chi connectivity index (χ1n) is 4.82. The summed E-state index contributed by atoms with van der Waals surface area (Å²) < 4.78 is 0. The summed E-state index contributed by atoms with van der Waals surface area (Å²) in [5, 5.41) is 9.47. The minimum atomic E-state index is -0.337. The van der Waals surface area contributed by atoms with Crippen molar-refractivity contribution in [1.82, 2.24) is 4.98 Å². The molecule has 3 nitrogen and oxygen atoms in total. The summed E-state index contributed by atoms with van der Waals surface area (Å²) in [6, 6.07) is 9.98. The van der Waals surface area contributed by atoms with Crippen LogP contribution in [0.5, 0.6) is 0 Å². The Morgan fingerprint density at radius 3 is 2.81 bits per heavy atom. The topological polar surface area (TPSA) is 53.8 Å². The molecule has 1 aromatic carbocycles. The average molecular weight is 230 g/mol. The van der Waals surface area contributed by atoms with Crippen molar-refractivity contribution in [1.29, 1.82) is 5.41 Å². The Balaban J connectivity index is 2.14. The molecule has 0 aliphatic heterocycles. The van der Waals surface area contributed by atoms with E-state index in [0.29, 0.717) is 5.69 Å². The van der Waals surface area contributed by atoms with Gasteiger partial charge in [0.15, 0.2) is 0 Å². The second-order valence-electron chi connectivity index (χ2n) is 3.30. The molecule has 80 valence electrons. The molecule has 4 heteroatoms. The monoisotopic (exact) mass is 230 g/mol. The molecule has 0 fully saturated rings. The highest BCUT2D eigenvalue weighted by atomic mass is 32.1. The Morgan fingerprint density at radius 2 is 2.12 bits per heavy atom. The van der Waals surface area contributed by atoms with Gasteiger partial charge < -0.3 is 5.41 Å². The Kier molecular flexibility index (Phi) is 3.22. The van der Waals surface area contributed by atoms with Gasteiger partial charge in [0.25, 0.3) is 0 Å². The number of nitrogens with zero attached hydrogens (tertiary/aromatic N) is 1. The summed E-state index contributed by atoms with van der Waals surface area (Å²) in [5.41, 5.74) is 1.54. The number of hydrogen-bond donors (Lipinski definition) is 1. The van der Waals surface area contributed by atoms with Crippen LogP contribution in [0.15, 0.2) is 35.7 Å².